The molecular formula is C17H16ClFN2O2. The fraction of sp³-hybridized carbons (Fsp3) is 0.235. The molecule has 0 aromatic heterocycles. The second-order valence-electron chi connectivity index (χ2n) is 5.35. The maximum Gasteiger partial charge on any atom is 0.414 e. The lowest BCUT2D eigenvalue weighted by Gasteiger charge is -2.14. The Labute approximate surface area is 138 Å². The normalized spacial score (nSPS) is 17.4. The molecule has 2 aromatic carbocycles. The van der Waals surface area contributed by atoms with Crippen molar-refractivity contribution in [3.63, 3.8) is 0 Å². The number of ether oxygens (including phenoxy) is 1. The summed E-state index contributed by atoms with van der Waals surface area (Å²) in [5, 5.41) is 0. The number of cyclic esters (lactones) is 1. The molecule has 6 heteroatoms. The van der Waals surface area contributed by atoms with E-state index in [-0.39, 0.29) is 12.6 Å². The van der Waals surface area contributed by atoms with Gasteiger partial charge in [-0.25, -0.2) is 9.18 Å². The zero-order valence-corrected chi connectivity index (χ0v) is 13.1. The van der Waals surface area contributed by atoms with E-state index in [0.717, 1.165) is 11.1 Å². The molecule has 0 aliphatic carbocycles. The summed E-state index contributed by atoms with van der Waals surface area (Å²) in [6.07, 6.45) is -0.854. The zero-order valence-electron chi connectivity index (χ0n) is 12.3. The highest BCUT2D eigenvalue weighted by atomic mass is 35.5. The number of anilines is 1. The van der Waals surface area contributed by atoms with Gasteiger partial charge in [-0.05, 0) is 29.3 Å². The number of benzene rings is 2. The molecule has 2 aromatic rings. The SMILES string of the molecule is NC[C@H]1CN(c2ccc(-c3ccc(CCl)cc3)c(F)c2)C(=O)O1. The van der Waals surface area contributed by atoms with Crippen LogP contribution in [0.15, 0.2) is 42.5 Å². The van der Waals surface area contributed by atoms with Crippen molar-refractivity contribution in [1.29, 1.82) is 0 Å². The van der Waals surface area contributed by atoms with E-state index in [1.54, 1.807) is 12.1 Å². The van der Waals surface area contributed by atoms with E-state index in [2.05, 4.69) is 0 Å². The average molecular weight is 335 g/mol. The van der Waals surface area contributed by atoms with Crippen LogP contribution in [0.5, 0.6) is 0 Å². The van der Waals surface area contributed by atoms with Crippen molar-refractivity contribution in [2.24, 2.45) is 5.73 Å². The Hall–Kier alpha value is -2.11. The van der Waals surface area contributed by atoms with Gasteiger partial charge in [0.15, 0.2) is 0 Å². The number of hydrogen-bond acceptors (Lipinski definition) is 3. The van der Waals surface area contributed by atoms with E-state index >= 15 is 0 Å². The molecule has 1 fully saturated rings. The molecule has 1 heterocycles. The van der Waals surface area contributed by atoms with Gasteiger partial charge in [-0.2, -0.15) is 0 Å². The summed E-state index contributed by atoms with van der Waals surface area (Å²) in [5.41, 5.74) is 8.16. The van der Waals surface area contributed by atoms with Crippen molar-refractivity contribution in [2.45, 2.75) is 12.0 Å². The van der Waals surface area contributed by atoms with Crippen LogP contribution in [0, 0.1) is 5.82 Å². The Morgan fingerprint density at radius 3 is 2.57 bits per heavy atom. The highest BCUT2D eigenvalue weighted by Gasteiger charge is 2.31. The molecule has 120 valence electrons. The third-order valence-electron chi connectivity index (χ3n) is 3.82. The van der Waals surface area contributed by atoms with Crippen LogP contribution < -0.4 is 10.6 Å². The van der Waals surface area contributed by atoms with Gasteiger partial charge in [-0.3, -0.25) is 4.90 Å². The van der Waals surface area contributed by atoms with Gasteiger partial charge < -0.3 is 10.5 Å². The Morgan fingerprint density at radius 2 is 2.00 bits per heavy atom. The van der Waals surface area contributed by atoms with Crippen LogP contribution >= 0.6 is 11.6 Å². The first-order valence-electron chi connectivity index (χ1n) is 7.25. The second kappa shape index (κ2) is 6.56. The highest BCUT2D eigenvalue weighted by molar-refractivity contribution is 6.17. The molecule has 2 N–H and O–H groups in total. The summed E-state index contributed by atoms with van der Waals surface area (Å²) in [6, 6.07) is 12.1. The van der Waals surface area contributed by atoms with E-state index in [4.69, 9.17) is 22.1 Å². The Kier molecular flexibility index (Phi) is 4.50. The molecule has 0 unspecified atom stereocenters. The third-order valence-corrected chi connectivity index (χ3v) is 4.13. The predicted octanol–water partition coefficient (Wildman–Crippen LogP) is 3.52. The van der Waals surface area contributed by atoms with Crippen molar-refractivity contribution in [2.75, 3.05) is 18.0 Å². The molecule has 1 atom stereocenters. The largest absolute Gasteiger partial charge is 0.443 e. The number of alkyl halides is 1. The van der Waals surface area contributed by atoms with Crippen LogP contribution in [0.25, 0.3) is 11.1 Å². The second-order valence-corrected chi connectivity index (χ2v) is 5.61. The molecule has 4 nitrogen and oxygen atoms in total. The third kappa shape index (κ3) is 3.16. The summed E-state index contributed by atoms with van der Waals surface area (Å²) in [7, 11) is 0. The van der Waals surface area contributed by atoms with Crippen molar-refractivity contribution < 1.29 is 13.9 Å². The van der Waals surface area contributed by atoms with Gasteiger partial charge in [0.25, 0.3) is 0 Å². The van der Waals surface area contributed by atoms with E-state index in [9.17, 15) is 9.18 Å². The summed E-state index contributed by atoms with van der Waals surface area (Å²) in [5.74, 6) is 0.0197. The van der Waals surface area contributed by atoms with Gasteiger partial charge in [-0.1, -0.05) is 24.3 Å². The van der Waals surface area contributed by atoms with Crippen molar-refractivity contribution >= 4 is 23.4 Å². The molecule has 0 saturated carbocycles. The lowest BCUT2D eigenvalue weighted by molar-refractivity contribution is 0.145. The Balaban J connectivity index is 1.87. The fourth-order valence-corrected chi connectivity index (χ4v) is 2.71. The molecule has 0 radical (unpaired) electrons. The highest BCUT2D eigenvalue weighted by Crippen LogP contribution is 2.29. The van der Waals surface area contributed by atoms with E-state index in [1.807, 2.05) is 24.3 Å². The molecule has 1 saturated heterocycles. The molecule has 1 aliphatic rings. The van der Waals surface area contributed by atoms with Crippen molar-refractivity contribution in [3.8, 4) is 11.1 Å². The van der Waals surface area contributed by atoms with Crippen molar-refractivity contribution in [1.82, 2.24) is 0 Å². The lowest BCUT2D eigenvalue weighted by atomic mass is 10.0. The molecule has 3 rings (SSSR count). The number of halogens is 2. The topological polar surface area (TPSA) is 55.6 Å². The van der Waals surface area contributed by atoms with E-state index < -0.39 is 11.9 Å². The van der Waals surface area contributed by atoms with E-state index in [1.165, 1.54) is 11.0 Å². The van der Waals surface area contributed by atoms with Gasteiger partial charge in [0, 0.05) is 18.0 Å². The predicted molar refractivity (Wildman–Crippen MR) is 88.1 cm³/mol. The van der Waals surface area contributed by atoms with Crippen LogP contribution in [0.3, 0.4) is 0 Å². The average Bonchev–Trinajstić information content (AvgIpc) is 2.96. The van der Waals surface area contributed by atoms with Crippen LogP contribution in [0.4, 0.5) is 14.9 Å². The minimum Gasteiger partial charge on any atom is -0.443 e. The number of amides is 1. The summed E-state index contributed by atoms with van der Waals surface area (Å²) >= 11 is 5.76. The van der Waals surface area contributed by atoms with Gasteiger partial charge in [0.1, 0.15) is 11.9 Å². The van der Waals surface area contributed by atoms with Crippen LogP contribution in [0.1, 0.15) is 5.56 Å². The smallest absolute Gasteiger partial charge is 0.414 e. The molecule has 0 bridgehead atoms. The molecule has 23 heavy (non-hydrogen) atoms. The lowest BCUT2D eigenvalue weighted by Crippen LogP contribution is -2.27. The van der Waals surface area contributed by atoms with Gasteiger partial charge in [0.05, 0.1) is 12.2 Å². The van der Waals surface area contributed by atoms with Gasteiger partial charge in [0.2, 0.25) is 0 Å². The standard InChI is InChI=1S/C17H16ClFN2O2/c18-8-11-1-3-12(4-2-11)15-6-5-13(7-16(15)19)21-10-14(9-20)23-17(21)22/h1-7,14H,8-10,20H2/t14-/m0/s1. The van der Waals surface area contributed by atoms with Gasteiger partial charge >= 0.3 is 6.09 Å². The monoisotopic (exact) mass is 334 g/mol. The molecule has 0 spiro atoms. The quantitative estimate of drug-likeness (QED) is 0.870. The summed E-state index contributed by atoms with van der Waals surface area (Å²) in [6.45, 7) is 0.578. The Bertz CT molecular complexity index is 721. The van der Waals surface area contributed by atoms with E-state index in [0.29, 0.717) is 23.7 Å². The maximum atomic E-state index is 14.4. The number of hydrogen-bond donors (Lipinski definition) is 1. The minimum absolute atomic E-state index is 0.246. The first-order chi connectivity index (χ1) is 11.1. The summed E-state index contributed by atoms with van der Waals surface area (Å²) < 4.78 is 19.5. The van der Waals surface area contributed by atoms with Crippen LogP contribution in [-0.4, -0.2) is 25.3 Å². The van der Waals surface area contributed by atoms with Crippen molar-refractivity contribution in [3.05, 3.63) is 53.8 Å². The fourth-order valence-electron chi connectivity index (χ4n) is 2.53. The zero-order chi connectivity index (χ0) is 16.4. The summed E-state index contributed by atoms with van der Waals surface area (Å²) in [4.78, 5) is 13.2. The Morgan fingerprint density at radius 1 is 1.26 bits per heavy atom. The van der Waals surface area contributed by atoms with Crippen LogP contribution in [-0.2, 0) is 10.6 Å². The number of carbonyl (C=O) groups excluding carboxylic acids is 1. The molecule has 1 amide bonds. The number of nitrogens with two attached hydrogens (primary N) is 1. The van der Waals surface area contributed by atoms with Gasteiger partial charge in [-0.15, -0.1) is 11.6 Å². The van der Waals surface area contributed by atoms with Crippen LogP contribution in [0.2, 0.25) is 0 Å². The number of nitrogens with zero attached hydrogens (tertiary/aromatic N) is 1. The number of carbonyl (C=O) groups is 1. The molecular weight excluding hydrogens is 319 g/mol. The first-order valence-corrected chi connectivity index (χ1v) is 7.79. The molecule has 1 aliphatic heterocycles. The first kappa shape index (κ1) is 15.8. The maximum absolute atomic E-state index is 14.4. The number of rotatable bonds is 4. The minimum atomic E-state index is -0.501.